The molecular formula is C15H18N2O4. The molecule has 2 aliphatic rings. The second kappa shape index (κ2) is 6.13. The Kier molecular flexibility index (Phi) is 4.06. The summed E-state index contributed by atoms with van der Waals surface area (Å²) in [5.41, 5.74) is 1.26. The predicted octanol–water partition coefficient (Wildman–Crippen LogP) is 1.55. The van der Waals surface area contributed by atoms with Crippen molar-refractivity contribution in [2.75, 3.05) is 31.2 Å². The molecule has 112 valence electrons. The number of esters is 1. The summed E-state index contributed by atoms with van der Waals surface area (Å²) >= 11 is 0. The summed E-state index contributed by atoms with van der Waals surface area (Å²) in [7, 11) is 0. The van der Waals surface area contributed by atoms with E-state index in [1.54, 1.807) is 29.2 Å². The molecular weight excluding hydrogens is 272 g/mol. The SMILES string of the molecule is O=C(OC[C@@H]1CCCO1)c1ccc(N2CCNC2=O)cc1. The van der Waals surface area contributed by atoms with Gasteiger partial charge < -0.3 is 14.8 Å². The minimum Gasteiger partial charge on any atom is -0.459 e. The van der Waals surface area contributed by atoms with Crippen LogP contribution in [0.4, 0.5) is 10.5 Å². The molecule has 21 heavy (non-hydrogen) atoms. The summed E-state index contributed by atoms with van der Waals surface area (Å²) in [6.07, 6.45) is 1.99. The average Bonchev–Trinajstić information content (AvgIpc) is 3.16. The van der Waals surface area contributed by atoms with Gasteiger partial charge in [-0.1, -0.05) is 0 Å². The number of nitrogens with zero attached hydrogens (tertiary/aromatic N) is 1. The van der Waals surface area contributed by atoms with Crippen LogP contribution in [0.1, 0.15) is 23.2 Å². The van der Waals surface area contributed by atoms with Gasteiger partial charge in [-0.05, 0) is 37.1 Å². The summed E-state index contributed by atoms with van der Waals surface area (Å²) in [5, 5.41) is 2.74. The van der Waals surface area contributed by atoms with Gasteiger partial charge in [0.15, 0.2) is 0 Å². The molecule has 2 amide bonds. The molecule has 1 aromatic rings. The molecule has 0 aromatic heterocycles. The highest BCUT2D eigenvalue weighted by atomic mass is 16.6. The summed E-state index contributed by atoms with van der Waals surface area (Å²) in [4.78, 5) is 25.1. The number of nitrogens with one attached hydrogen (secondary N) is 1. The van der Waals surface area contributed by atoms with Crippen LogP contribution < -0.4 is 10.2 Å². The van der Waals surface area contributed by atoms with Crippen LogP contribution in [0.25, 0.3) is 0 Å². The molecule has 2 aliphatic heterocycles. The van der Waals surface area contributed by atoms with E-state index < -0.39 is 0 Å². The Morgan fingerprint density at radius 3 is 2.81 bits per heavy atom. The third-order valence-electron chi connectivity index (χ3n) is 3.70. The van der Waals surface area contributed by atoms with Crippen LogP contribution >= 0.6 is 0 Å². The van der Waals surface area contributed by atoms with E-state index in [2.05, 4.69) is 5.32 Å². The Bertz CT molecular complexity index is 523. The first-order chi connectivity index (χ1) is 10.2. The maximum Gasteiger partial charge on any atom is 0.338 e. The largest absolute Gasteiger partial charge is 0.459 e. The molecule has 2 fully saturated rings. The fraction of sp³-hybridized carbons (Fsp3) is 0.467. The zero-order chi connectivity index (χ0) is 14.7. The van der Waals surface area contributed by atoms with Crippen LogP contribution in [0.15, 0.2) is 24.3 Å². The number of carbonyl (C=O) groups excluding carboxylic acids is 2. The van der Waals surface area contributed by atoms with Crippen LogP contribution in [0.2, 0.25) is 0 Å². The van der Waals surface area contributed by atoms with Crippen molar-refractivity contribution >= 4 is 17.7 Å². The highest BCUT2D eigenvalue weighted by Gasteiger charge is 2.22. The highest BCUT2D eigenvalue weighted by molar-refractivity contribution is 5.95. The Balaban J connectivity index is 1.58. The Morgan fingerprint density at radius 2 is 2.19 bits per heavy atom. The van der Waals surface area contributed by atoms with E-state index in [9.17, 15) is 9.59 Å². The molecule has 1 atom stereocenters. The van der Waals surface area contributed by atoms with Crippen LogP contribution in [0, 0.1) is 0 Å². The molecule has 1 aromatic carbocycles. The van der Waals surface area contributed by atoms with Crippen molar-refractivity contribution in [2.24, 2.45) is 0 Å². The lowest BCUT2D eigenvalue weighted by Crippen LogP contribution is -2.27. The van der Waals surface area contributed by atoms with Crippen molar-refractivity contribution in [3.05, 3.63) is 29.8 Å². The average molecular weight is 290 g/mol. The smallest absolute Gasteiger partial charge is 0.338 e. The minimum atomic E-state index is -0.358. The maximum atomic E-state index is 11.9. The standard InChI is InChI=1S/C15H18N2O4/c18-14(21-10-13-2-1-9-20-13)11-3-5-12(6-4-11)17-8-7-16-15(17)19/h3-6,13H,1-2,7-10H2,(H,16,19)/t13-/m0/s1. The second-order valence-electron chi connectivity index (χ2n) is 5.16. The van der Waals surface area contributed by atoms with Crippen LogP contribution in [0.3, 0.4) is 0 Å². The maximum absolute atomic E-state index is 11.9. The lowest BCUT2D eigenvalue weighted by Gasteiger charge is -2.14. The van der Waals surface area contributed by atoms with Gasteiger partial charge in [0.2, 0.25) is 0 Å². The molecule has 0 unspecified atom stereocenters. The third kappa shape index (κ3) is 3.16. The van der Waals surface area contributed by atoms with Crippen molar-refractivity contribution < 1.29 is 19.1 Å². The van der Waals surface area contributed by atoms with Crippen LogP contribution in [0.5, 0.6) is 0 Å². The number of hydrogen-bond acceptors (Lipinski definition) is 4. The van der Waals surface area contributed by atoms with Gasteiger partial charge in [0.05, 0.1) is 11.7 Å². The Labute approximate surface area is 123 Å². The van der Waals surface area contributed by atoms with Crippen molar-refractivity contribution in [1.82, 2.24) is 5.32 Å². The fourth-order valence-electron chi connectivity index (χ4n) is 2.52. The Morgan fingerprint density at radius 1 is 1.38 bits per heavy atom. The van der Waals surface area contributed by atoms with Gasteiger partial charge in [-0.2, -0.15) is 0 Å². The first-order valence-electron chi connectivity index (χ1n) is 7.18. The van der Waals surface area contributed by atoms with E-state index in [1.807, 2.05) is 0 Å². The molecule has 1 N–H and O–H groups in total. The Hall–Kier alpha value is -2.08. The lowest BCUT2D eigenvalue weighted by atomic mass is 10.2. The number of carbonyl (C=O) groups is 2. The first kappa shape index (κ1) is 13.9. The zero-order valence-corrected chi connectivity index (χ0v) is 11.7. The van der Waals surface area contributed by atoms with E-state index in [1.165, 1.54) is 0 Å². The molecule has 0 spiro atoms. The lowest BCUT2D eigenvalue weighted by molar-refractivity contribution is 0.0161. The van der Waals surface area contributed by atoms with Gasteiger partial charge in [0.1, 0.15) is 6.61 Å². The fourth-order valence-corrected chi connectivity index (χ4v) is 2.52. The van der Waals surface area contributed by atoms with Crippen molar-refractivity contribution in [3.63, 3.8) is 0 Å². The number of rotatable bonds is 4. The summed E-state index contributed by atoms with van der Waals surface area (Å²) < 4.78 is 10.7. The molecule has 0 bridgehead atoms. The van der Waals surface area contributed by atoms with E-state index in [-0.39, 0.29) is 18.1 Å². The molecule has 3 rings (SSSR count). The number of amides is 2. The number of benzene rings is 1. The molecule has 6 heteroatoms. The van der Waals surface area contributed by atoms with E-state index in [0.717, 1.165) is 25.1 Å². The van der Waals surface area contributed by atoms with Gasteiger partial charge >= 0.3 is 12.0 Å². The predicted molar refractivity (Wildman–Crippen MR) is 76.4 cm³/mol. The number of ether oxygens (including phenoxy) is 2. The minimum absolute atomic E-state index is 0.0292. The quantitative estimate of drug-likeness (QED) is 0.854. The topological polar surface area (TPSA) is 67.9 Å². The summed E-state index contributed by atoms with van der Waals surface area (Å²) in [6, 6.07) is 6.77. The van der Waals surface area contributed by atoms with Gasteiger partial charge in [-0.15, -0.1) is 0 Å². The van der Waals surface area contributed by atoms with Gasteiger partial charge in [-0.25, -0.2) is 9.59 Å². The second-order valence-corrected chi connectivity index (χ2v) is 5.16. The van der Waals surface area contributed by atoms with Gasteiger partial charge in [0, 0.05) is 25.4 Å². The zero-order valence-electron chi connectivity index (χ0n) is 11.7. The summed E-state index contributed by atoms with van der Waals surface area (Å²) in [6.45, 7) is 2.33. The normalized spacial score (nSPS) is 21.4. The monoisotopic (exact) mass is 290 g/mol. The molecule has 0 radical (unpaired) electrons. The number of anilines is 1. The highest BCUT2D eigenvalue weighted by Crippen LogP contribution is 2.18. The molecule has 0 saturated carbocycles. The third-order valence-corrected chi connectivity index (χ3v) is 3.70. The van der Waals surface area contributed by atoms with Crippen LogP contribution in [-0.4, -0.2) is 44.4 Å². The van der Waals surface area contributed by atoms with E-state index >= 15 is 0 Å². The van der Waals surface area contributed by atoms with E-state index in [0.29, 0.717) is 25.3 Å². The molecule has 2 heterocycles. The first-order valence-corrected chi connectivity index (χ1v) is 7.18. The van der Waals surface area contributed by atoms with Crippen molar-refractivity contribution in [1.29, 1.82) is 0 Å². The van der Waals surface area contributed by atoms with Crippen molar-refractivity contribution in [2.45, 2.75) is 18.9 Å². The van der Waals surface area contributed by atoms with Crippen LogP contribution in [-0.2, 0) is 9.47 Å². The molecule has 0 aliphatic carbocycles. The van der Waals surface area contributed by atoms with Crippen molar-refractivity contribution in [3.8, 4) is 0 Å². The molecule has 2 saturated heterocycles. The summed E-state index contributed by atoms with van der Waals surface area (Å²) in [5.74, 6) is -0.358. The van der Waals surface area contributed by atoms with E-state index in [4.69, 9.17) is 9.47 Å². The molecule has 6 nitrogen and oxygen atoms in total. The van der Waals surface area contributed by atoms with Gasteiger partial charge in [-0.3, -0.25) is 4.90 Å². The number of urea groups is 1. The van der Waals surface area contributed by atoms with Gasteiger partial charge in [0.25, 0.3) is 0 Å². The number of hydrogen-bond donors (Lipinski definition) is 1.